The standard InChI is InChI=1S/C11H16N2O4/c1-6-7(3-4-10(13-6)17-2)11(16)8(14)5-9(12)15/h3-4,8,11,14,16H,5H2,1-2H3,(H2,12,15). The Balaban J connectivity index is 2.88. The van der Waals surface area contributed by atoms with Crippen LogP contribution in [0.3, 0.4) is 0 Å². The Morgan fingerprint density at radius 3 is 2.65 bits per heavy atom. The summed E-state index contributed by atoms with van der Waals surface area (Å²) in [5.41, 5.74) is 5.92. The molecule has 2 atom stereocenters. The largest absolute Gasteiger partial charge is 0.481 e. The third-order valence-corrected chi connectivity index (χ3v) is 2.40. The second-order valence-electron chi connectivity index (χ2n) is 3.71. The number of ether oxygens (including phenoxy) is 1. The molecule has 1 aromatic rings. The Labute approximate surface area is 99.0 Å². The number of hydrogen-bond acceptors (Lipinski definition) is 5. The number of aryl methyl sites for hydroxylation is 1. The maximum atomic E-state index is 10.6. The molecule has 0 spiro atoms. The third-order valence-electron chi connectivity index (χ3n) is 2.40. The molecule has 0 radical (unpaired) electrons. The highest BCUT2D eigenvalue weighted by molar-refractivity contribution is 5.74. The van der Waals surface area contributed by atoms with Crippen LogP contribution in [0.2, 0.25) is 0 Å². The number of carbonyl (C=O) groups excluding carboxylic acids is 1. The number of methoxy groups -OCH3 is 1. The second kappa shape index (κ2) is 5.60. The SMILES string of the molecule is COc1ccc(C(O)C(O)CC(N)=O)c(C)n1. The van der Waals surface area contributed by atoms with Gasteiger partial charge in [0.2, 0.25) is 11.8 Å². The molecule has 0 saturated heterocycles. The summed E-state index contributed by atoms with van der Waals surface area (Å²) in [6.07, 6.45) is -2.73. The van der Waals surface area contributed by atoms with Gasteiger partial charge in [-0.25, -0.2) is 4.98 Å². The van der Waals surface area contributed by atoms with Crippen molar-refractivity contribution < 1.29 is 19.7 Å². The molecule has 0 fully saturated rings. The first-order valence-electron chi connectivity index (χ1n) is 5.11. The van der Waals surface area contributed by atoms with E-state index < -0.39 is 18.1 Å². The molecule has 1 rings (SSSR count). The van der Waals surface area contributed by atoms with E-state index in [1.807, 2.05) is 0 Å². The number of primary amides is 1. The highest BCUT2D eigenvalue weighted by Gasteiger charge is 2.22. The molecule has 0 aliphatic rings. The number of nitrogens with two attached hydrogens (primary N) is 1. The Hall–Kier alpha value is -1.66. The van der Waals surface area contributed by atoms with E-state index in [0.29, 0.717) is 17.1 Å². The molecule has 0 saturated carbocycles. The minimum absolute atomic E-state index is 0.299. The highest BCUT2D eigenvalue weighted by Crippen LogP contribution is 2.23. The summed E-state index contributed by atoms with van der Waals surface area (Å²) in [5.74, 6) is -0.251. The predicted octanol–water partition coefficient (Wildman–Crippen LogP) is -0.332. The van der Waals surface area contributed by atoms with Crippen LogP contribution in [0, 0.1) is 6.92 Å². The van der Waals surface area contributed by atoms with Crippen LogP contribution < -0.4 is 10.5 Å². The molecule has 6 heteroatoms. The molecule has 1 aromatic heterocycles. The van der Waals surface area contributed by atoms with Crippen molar-refractivity contribution in [2.45, 2.75) is 25.6 Å². The second-order valence-corrected chi connectivity index (χ2v) is 3.71. The topological polar surface area (TPSA) is 106 Å². The lowest BCUT2D eigenvalue weighted by molar-refractivity contribution is -0.121. The van der Waals surface area contributed by atoms with Crippen molar-refractivity contribution in [2.75, 3.05) is 7.11 Å². The molecule has 1 amide bonds. The van der Waals surface area contributed by atoms with Crippen LogP contribution in [0.5, 0.6) is 5.88 Å². The van der Waals surface area contributed by atoms with Gasteiger partial charge < -0.3 is 20.7 Å². The number of nitrogens with zero attached hydrogens (tertiary/aromatic N) is 1. The number of amides is 1. The van der Waals surface area contributed by atoms with Crippen molar-refractivity contribution in [3.63, 3.8) is 0 Å². The zero-order chi connectivity index (χ0) is 13.0. The summed E-state index contributed by atoms with van der Waals surface area (Å²) in [6, 6.07) is 3.17. The van der Waals surface area contributed by atoms with Gasteiger partial charge in [-0.1, -0.05) is 0 Å². The van der Waals surface area contributed by atoms with Crippen molar-refractivity contribution in [3.8, 4) is 5.88 Å². The molecule has 94 valence electrons. The zero-order valence-corrected chi connectivity index (χ0v) is 9.75. The fraction of sp³-hybridized carbons (Fsp3) is 0.455. The van der Waals surface area contributed by atoms with Crippen LogP contribution in [0.1, 0.15) is 23.8 Å². The average Bonchev–Trinajstić information content (AvgIpc) is 2.27. The van der Waals surface area contributed by atoms with Gasteiger partial charge in [0.1, 0.15) is 6.10 Å². The molecule has 0 aliphatic heterocycles. The van der Waals surface area contributed by atoms with E-state index in [2.05, 4.69) is 4.98 Å². The van der Waals surface area contributed by atoms with Crippen molar-refractivity contribution in [2.24, 2.45) is 5.73 Å². The first-order chi connectivity index (χ1) is 7.95. The fourth-order valence-electron chi connectivity index (χ4n) is 1.50. The van der Waals surface area contributed by atoms with E-state index in [4.69, 9.17) is 10.5 Å². The van der Waals surface area contributed by atoms with E-state index in [-0.39, 0.29) is 6.42 Å². The summed E-state index contributed by atoms with van der Waals surface area (Å²) in [6.45, 7) is 1.68. The van der Waals surface area contributed by atoms with Crippen LogP contribution >= 0.6 is 0 Å². The molecular weight excluding hydrogens is 224 g/mol. The van der Waals surface area contributed by atoms with E-state index in [9.17, 15) is 15.0 Å². The molecule has 0 aromatic carbocycles. The molecule has 1 heterocycles. The summed E-state index contributed by atoms with van der Waals surface area (Å²) < 4.78 is 4.93. The van der Waals surface area contributed by atoms with Crippen molar-refractivity contribution in [3.05, 3.63) is 23.4 Å². The zero-order valence-electron chi connectivity index (χ0n) is 9.75. The third kappa shape index (κ3) is 3.40. The van der Waals surface area contributed by atoms with Gasteiger partial charge in [0.05, 0.1) is 19.6 Å². The lowest BCUT2D eigenvalue weighted by Gasteiger charge is -2.18. The molecule has 17 heavy (non-hydrogen) atoms. The molecule has 0 bridgehead atoms. The lowest BCUT2D eigenvalue weighted by Crippen LogP contribution is -2.26. The normalized spacial score (nSPS) is 14.1. The van der Waals surface area contributed by atoms with E-state index in [1.54, 1.807) is 19.1 Å². The molecular formula is C11H16N2O4. The number of aliphatic hydroxyl groups is 2. The molecule has 6 nitrogen and oxygen atoms in total. The predicted molar refractivity (Wildman–Crippen MR) is 60.3 cm³/mol. The van der Waals surface area contributed by atoms with Gasteiger partial charge in [-0.3, -0.25) is 4.79 Å². The lowest BCUT2D eigenvalue weighted by atomic mass is 10.0. The Morgan fingerprint density at radius 2 is 2.18 bits per heavy atom. The van der Waals surface area contributed by atoms with Crippen molar-refractivity contribution in [1.29, 1.82) is 0 Å². The monoisotopic (exact) mass is 240 g/mol. The van der Waals surface area contributed by atoms with Gasteiger partial charge in [-0.2, -0.15) is 0 Å². The van der Waals surface area contributed by atoms with Crippen molar-refractivity contribution >= 4 is 5.91 Å². The van der Waals surface area contributed by atoms with Crippen molar-refractivity contribution in [1.82, 2.24) is 4.98 Å². The van der Waals surface area contributed by atoms with E-state index >= 15 is 0 Å². The quantitative estimate of drug-likeness (QED) is 0.653. The van der Waals surface area contributed by atoms with Crippen LogP contribution in [0.4, 0.5) is 0 Å². The first kappa shape index (κ1) is 13.4. The number of carbonyl (C=O) groups is 1. The van der Waals surface area contributed by atoms with Gasteiger partial charge in [0.25, 0.3) is 0 Å². The highest BCUT2D eigenvalue weighted by atomic mass is 16.5. The first-order valence-corrected chi connectivity index (χ1v) is 5.11. The number of pyridine rings is 1. The summed E-state index contributed by atoms with van der Waals surface area (Å²) in [5, 5.41) is 19.4. The smallest absolute Gasteiger partial charge is 0.220 e. The summed E-state index contributed by atoms with van der Waals surface area (Å²) >= 11 is 0. The van der Waals surface area contributed by atoms with E-state index in [1.165, 1.54) is 7.11 Å². The van der Waals surface area contributed by atoms with Crippen LogP contribution in [-0.2, 0) is 4.79 Å². The Morgan fingerprint density at radius 1 is 1.53 bits per heavy atom. The number of rotatable bonds is 5. The minimum atomic E-state index is -1.23. The van der Waals surface area contributed by atoms with Gasteiger partial charge in [0.15, 0.2) is 0 Å². The summed E-state index contributed by atoms with van der Waals surface area (Å²) in [7, 11) is 1.49. The summed E-state index contributed by atoms with van der Waals surface area (Å²) in [4.78, 5) is 14.7. The fourth-order valence-corrected chi connectivity index (χ4v) is 1.50. The molecule has 4 N–H and O–H groups in total. The number of aromatic nitrogens is 1. The average molecular weight is 240 g/mol. The Kier molecular flexibility index (Phi) is 4.42. The van der Waals surface area contributed by atoms with E-state index in [0.717, 1.165) is 0 Å². The maximum Gasteiger partial charge on any atom is 0.220 e. The van der Waals surface area contributed by atoms with Gasteiger partial charge >= 0.3 is 0 Å². The Bertz CT molecular complexity index is 408. The van der Waals surface area contributed by atoms with Gasteiger partial charge in [0, 0.05) is 17.3 Å². The van der Waals surface area contributed by atoms with Gasteiger partial charge in [-0.05, 0) is 13.0 Å². The number of hydrogen-bond donors (Lipinski definition) is 3. The number of aliphatic hydroxyl groups excluding tert-OH is 2. The maximum absolute atomic E-state index is 10.6. The van der Waals surface area contributed by atoms with Gasteiger partial charge in [-0.15, -0.1) is 0 Å². The van der Waals surface area contributed by atoms with Crippen LogP contribution in [0.15, 0.2) is 12.1 Å². The van der Waals surface area contributed by atoms with Crippen LogP contribution in [-0.4, -0.2) is 34.3 Å². The molecule has 2 unspecified atom stereocenters. The minimum Gasteiger partial charge on any atom is -0.481 e. The molecule has 0 aliphatic carbocycles. The van der Waals surface area contributed by atoms with Crippen LogP contribution in [0.25, 0.3) is 0 Å².